The summed E-state index contributed by atoms with van der Waals surface area (Å²) in [6.07, 6.45) is 19.9. The SMILES string of the molecule is Br.CCCCCCCCCCCCCCCC(C)C(C)(C)N. The molecule has 0 aliphatic rings. The van der Waals surface area contributed by atoms with Crippen molar-refractivity contribution in [2.75, 3.05) is 0 Å². The van der Waals surface area contributed by atoms with Gasteiger partial charge < -0.3 is 5.73 Å². The van der Waals surface area contributed by atoms with E-state index in [-0.39, 0.29) is 22.5 Å². The molecule has 0 bridgehead atoms. The molecule has 0 spiro atoms. The average molecular weight is 378 g/mol. The second-order valence-electron chi connectivity index (χ2n) is 7.75. The van der Waals surface area contributed by atoms with Gasteiger partial charge in [0.15, 0.2) is 0 Å². The molecule has 0 aromatic heterocycles. The van der Waals surface area contributed by atoms with Gasteiger partial charge >= 0.3 is 0 Å². The third-order valence-corrected chi connectivity index (χ3v) is 5.01. The normalized spacial score (nSPS) is 13.0. The van der Waals surface area contributed by atoms with Crippen LogP contribution in [-0.4, -0.2) is 5.54 Å². The van der Waals surface area contributed by atoms with E-state index in [4.69, 9.17) is 5.73 Å². The smallest absolute Gasteiger partial charge is 0.0123 e. The monoisotopic (exact) mass is 377 g/mol. The van der Waals surface area contributed by atoms with Crippen molar-refractivity contribution in [1.29, 1.82) is 0 Å². The average Bonchev–Trinajstić information content (AvgIpc) is 2.42. The molecule has 136 valence electrons. The van der Waals surface area contributed by atoms with E-state index in [9.17, 15) is 0 Å². The van der Waals surface area contributed by atoms with E-state index in [0.717, 1.165) is 0 Å². The van der Waals surface area contributed by atoms with Crippen LogP contribution in [0.3, 0.4) is 0 Å². The molecule has 0 saturated carbocycles. The number of hydrogen-bond acceptors (Lipinski definition) is 1. The van der Waals surface area contributed by atoms with Crippen molar-refractivity contribution in [3.63, 3.8) is 0 Å². The van der Waals surface area contributed by atoms with Crippen molar-refractivity contribution in [1.82, 2.24) is 0 Å². The van der Waals surface area contributed by atoms with Crippen LogP contribution in [0.5, 0.6) is 0 Å². The molecule has 0 aromatic rings. The van der Waals surface area contributed by atoms with Crippen LogP contribution in [-0.2, 0) is 0 Å². The first-order valence-corrected chi connectivity index (χ1v) is 9.77. The molecule has 0 aliphatic carbocycles. The lowest BCUT2D eigenvalue weighted by atomic mass is 9.86. The van der Waals surface area contributed by atoms with Crippen molar-refractivity contribution in [3.05, 3.63) is 0 Å². The lowest BCUT2D eigenvalue weighted by Gasteiger charge is -2.27. The van der Waals surface area contributed by atoms with E-state index in [1.165, 1.54) is 89.9 Å². The first-order valence-electron chi connectivity index (χ1n) is 9.77. The molecule has 0 heterocycles. The van der Waals surface area contributed by atoms with E-state index in [2.05, 4.69) is 27.7 Å². The fourth-order valence-corrected chi connectivity index (χ4v) is 2.84. The molecule has 0 radical (unpaired) electrons. The summed E-state index contributed by atoms with van der Waals surface area (Å²) in [7, 11) is 0. The highest BCUT2D eigenvalue weighted by Crippen LogP contribution is 2.20. The maximum Gasteiger partial charge on any atom is 0.0123 e. The van der Waals surface area contributed by atoms with Gasteiger partial charge in [0.25, 0.3) is 0 Å². The highest BCUT2D eigenvalue weighted by molar-refractivity contribution is 8.93. The fraction of sp³-hybridized carbons (Fsp3) is 1.00. The summed E-state index contributed by atoms with van der Waals surface area (Å²) in [5.41, 5.74) is 6.12. The summed E-state index contributed by atoms with van der Waals surface area (Å²) in [5, 5.41) is 0. The Labute approximate surface area is 152 Å². The van der Waals surface area contributed by atoms with Crippen molar-refractivity contribution >= 4 is 17.0 Å². The molecule has 2 heteroatoms. The first-order chi connectivity index (χ1) is 9.98. The molecular formula is C20H44BrN. The Morgan fingerprint density at radius 3 is 1.32 bits per heavy atom. The van der Waals surface area contributed by atoms with Gasteiger partial charge in [-0.1, -0.05) is 97.3 Å². The van der Waals surface area contributed by atoms with Crippen molar-refractivity contribution in [2.24, 2.45) is 11.7 Å². The van der Waals surface area contributed by atoms with Crippen LogP contribution in [0, 0.1) is 5.92 Å². The molecule has 0 saturated heterocycles. The third-order valence-electron chi connectivity index (χ3n) is 5.01. The lowest BCUT2D eigenvalue weighted by Crippen LogP contribution is -2.39. The molecule has 1 nitrogen and oxygen atoms in total. The predicted molar refractivity (Wildman–Crippen MR) is 108 cm³/mol. The highest BCUT2D eigenvalue weighted by atomic mass is 79.9. The Kier molecular flexibility index (Phi) is 18.3. The second kappa shape index (κ2) is 16.3. The molecule has 0 fully saturated rings. The van der Waals surface area contributed by atoms with Gasteiger partial charge in [0, 0.05) is 5.54 Å². The molecule has 22 heavy (non-hydrogen) atoms. The number of halogens is 1. The minimum absolute atomic E-state index is 0. The van der Waals surface area contributed by atoms with Crippen LogP contribution in [0.4, 0.5) is 0 Å². The van der Waals surface area contributed by atoms with Gasteiger partial charge in [0.1, 0.15) is 0 Å². The second-order valence-corrected chi connectivity index (χ2v) is 7.75. The fourth-order valence-electron chi connectivity index (χ4n) is 2.84. The zero-order chi connectivity index (χ0) is 16.0. The largest absolute Gasteiger partial charge is 0.325 e. The summed E-state index contributed by atoms with van der Waals surface area (Å²) < 4.78 is 0. The van der Waals surface area contributed by atoms with Crippen LogP contribution < -0.4 is 5.73 Å². The summed E-state index contributed by atoms with van der Waals surface area (Å²) in [6.45, 7) is 8.89. The molecule has 1 unspecified atom stereocenters. The van der Waals surface area contributed by atoms with E-state index < -0.39 is 0 Å². The van der Waals surface area contributed by atoms with Crippen LogP contribution in [0.15, 0.2) is 0 Å². The zero-order valence-corrected chi connectivity index (χ0v) is 17.7. The molecule has 0 aromatic carbocycles. The quantitative estimate of drug-likeness (QED) is 0.295. The molecule has 1 atom stereocenters. The Morgan fingerprint density at radius 2 is 1.00 bits per heavy atom. The van der Waals surface area contributed by atoms with Crippen LogP contribution >= 0.6 is 17.0 Å². The third kappa shape index (κ3) is 16.8. The van der Waals surface area contributed by atoms with Gasteiger partial charge in [0.2, 0.25) is 0 Å². The Balaban J connectivity index is 0. The van der Waals surface area contributed by atoms with E-state index in [0.29, 0.717) is 5.92 Å². The standard InChI is InChI=1S/C20H43N.BrH/c1-5-6-7-8-9-10-11-12-13-14-15-16-17-18-19(2)20(3,4)21;/h19H,5-18,21H2,1-4H3;1H. The Morgan fingerprint density at radius 1 is 0.682 bits per heavy atom. The maximum atomic E-state index is 6.13. The topological polar surface area (TPSA) is 26.0 Å². The highest BCUT2D eigenvalue weighted by Gasteiger charge is 2.19. The van der Waals surface area contributed by atoms with Crippen LogP contribution in [0.1, 0.15) is 118 Å². The predicted octanol–water partition coefficient (Wildman–Crippen LogP) is 7.42. The minimum atomic E-state index is -0.00285. The van der Waals surface area contributed by atoms with Gasteiger partial charge in [-0.3, -0.25) is 0 Å². The number of rotatable bonds is 15. The van der Waals surface area contributed by atoms with Crippen LogP contribution in [0.25, 0.3) is 0 Å². The number of hydrogen-bond donors (Lipinski definition) is 1. The van der Waals surface area contributed by atoms with E-state index >= 15 is 0 Å². The maximum absolute atomic E-state index is 6.13. The van der Waals surface area contributed by atoms with Gasteiger partial charge in [-0.15, -0.1) is 17.0 Å². The van der Waals surface area contributed by atoms with Gasteiger partial charge in [-0.25, -0.2) is 0 Å². The summed E-state index contributed by atoms with van der Waals surface area (Å²) in [5.74, 6) is 0.644. The summed E-state index contributed by atoms with van der Waals surface area (Å²) in [4.78, 5) is 0. The Bertz CT molecular complexity index is 210. The van der Waals surface area contributed by atoms with Crippen molar-refractivity contribution < 1.29 is 0 Å². The van der Waals surface area contributed by atoms with Crippen molar-refractivity contribution in [2.45, 2.75) is 123 Å². The first kappa shape index (κ1) is 24.7. The zero-order valence-electron chi connectivity index (χ0n) is 16.0. The molecule has 2 N–H and O–H groups in total. The molecule has 0 rings (SSSR count). The lowest BCUT2D eigenvalue weighted by molar-refractivity contribution is 0.316. The number of unbranched alkanes of at least 4 members (excludes halogenated alkanes) is 12. The van der Waals surface area contributed by atoms with Gasteiger partial charge in [-0.2, -0.15) is 0 Å². The van der Waals surface area contributed by atoms with Gasteiger partial charge in [-0.05, 0) is 26.2 Å². The van der Waals surface area contributed by atoms with Gasteiger partial charge in [0.05, 0.1) is 0 Å². The Hall–Kier alpha value is 0.440. The molecular weight excluding hydrogens is 334 g/mol. The number of nitrogens with two attached hydrogens (primary N) is 1. The van der Waals surface area contributed by atoms with Crippen LogP contribution in [0.2, 0.25) is 0 Å². The molecule has 0 aliphatic heterocycles. The molecule has 0 amide bonds. The van der Waals surface area contributed by atoms with E-state index in [1.807, 2.05) is 0 Å². The minimum Gasteiger partial charge on any atom is -0.325 e. The van der Waals surface area contributed by atoms with Crippen molar-refractivity contribution in [3.8, 4) is 0 Å². The summed E-state index contributed by atoms with van der Waals surface area (Å²) in [6, 6.07) is 0. The summed E-state index contributed by atoms with van der Waals surface area (Å²) >= 11 is 0. The van der Waals surface area contributed by atoms with E-state index in [1.54, 1.807) is 0 Å².